The van der Waals surface area contributed by atoms with Crippen LogP contribution in [0.15, 0.2) is 24.3 Å². The Balaban J connectivity index is 2.10. The number of hydrogen-bond donors (Lipinski definition) is 0. The minimum atomic E-state index is -3.63. The molecule has 0 aromatic heterocycles. The van der Waals surface area contributed by atoms with E-state index in [0.29, 0.717) is 37.1 Å². The van der Waals surface area contributed by atoms with Gasteiger partial charge < -0.3 is 9.64 Å². The van der Waals surface area contributed by atoms with Gasteiger partial charge in [0.1, 0.15) is 5.60 Å². The average Bonchev–Trinajstić information content (AvgIpc) is 2.60. The van der Waals surface area contributed by atoms with Crippen molar-refractivity contribution in [3.63, 3.8) is 0 Å². The Bertz CT molecular complexity index is 824. The van der Waals surface area contributed by atoms with E-state index in [9.17, 15) is 18.5 Å². The Kier molecular flexibility index (Phi) is 6.50. The SMILES string of the molecule is CN([C@@H]1CCCN(C(=O)OC(C)(C)C)C1)S(=O)(=O)Cc1ccccc1C#N. The van der Waals surface area contributed by atoms with Gasteiger partial charge in [-0.1, -0.05) is 18.2 Å². The fourth-order valence-corrected chi connectivity index (χ4v) is 4.50. The third-order valence-corrected chi connectivity index (χ3v) is 6.33. The van der Waals surface area contributed by atoms with Crippen LogP contribution in [0.5, 0.6) is 0 Å². The molecule has 7 nitrogen and oxygen atoms in total. The molecular formula is C19H27N3O4S. The first-order valence-electron chi connectivity index (χ1n) is 8.95. The van der Waals surface area contributed by atoms with Crippen molar-refractivity contribution in [3.05, 3.63) is 35.4 Å². The molecule has 0 aliphatic carbocycles. The van der Waals surface area contributed by atoms with Gasteiger partial charge in [-0.05, 0) is 45.2 Å². The van der Waals surface area contributed by atoms with Crippen molar-refractivity contribution >= 4 is 16.1 Å². The normalized spacial score (nSPS) is 18.2. The number of carbonyl (C=O) groups excluding carboxylic acids is 1. The van der Waals surface area contributed by atoms with Crippen LogP contribution in [0.3, 0.4) is 0 Å². The molecule has 1 amide bonds. The largest absolute Gasteiger partial charge is 0.444 e. The summed E-state index contributed by atoms with van der Waals surface area (Å²) >= 11 is 0. The fourth-order valence-electron chi connectivity index (χ4n) is 3.02. The lowest BCUT2D eigenvalue weighted by molar-refractivity contribution is 0.0163. The number of piperidine rings is 1. The lowest BCUT2D eigenvalue weighted by Crippen LogP contribution is -2.51. The number of hydrogen-bond acceptors (Lipinski definition) is 5. The molecule has 1 aromatic carbocycles. The lowest BCUT2D eigenvalue weighted by Gasteiger charge is -2.37. The van der Waals surface area contributed by atoms with E-state index in [1.165, 1.54) is 11.4 Å². The summed E-state index contributed by atoms with van der Waals surface area (Å²) in [5.41, 5.74) is 0.239. The fraction of sp³-hybridized carbons (Fsp3) is 0.579. The van der Waals surface area contributed by atoms with Crippen LogP contribution in [0.2, 0.25) is 0 Å². The van der Waals surface area contributed by atoms with Crippen LogP contribution in [0, 0.1) is 11.3 Å². The average molecular weight is 394 g/mol. The van der Waals surface area contributed by atoms with E-state index in [0.717, 1.165) is 0 Å². The molecule has 1 atom stereocenters. The van der Waals surface area contributed by atoms with Gasteiger partial charge in [0.25, 0.3) is 0 Å². The first kappa shape index (κ1) is 21.2. The summed E-state index contributed by atoms with van der Waals surface area (Å²) in [4.78, 5) is 13.9. The molecule has 1 heterocycles. The van der Waals surface area contributed by atoms with Gasteiger partial charge in [-0.25, -0.2) is 13.2 Å². The van der Waals surface area contributed by atoms with E-state index < -0.39 is 21.7 Å². The van der Waals surface area contributed by atoms with Crippen LogP contribution >= 0.6 is 0 Å². The van der Waals surface area contributed by atoms with Gasteiger partial charge in [0, 0.05) is 26.2 Å². The van der Waals surface area contributed by atoms with Gasteiger partial charge in [-0.15, -0.1) is 0 Å². The maximum Gasteiger partial charge on any atom is 0.410 e. The van der Waals surface area contributed by atoms with E-state index in [2.05, 4.69) is 0 Å². The molecule has 1 aliphatic heterocycles. The minimum Gasteiger partial charge on any atom is -0.444 e. The van der Waals surface area contributed by atoms with Crippen molar-refractivity contribution in [2.45, 2.75) is 51.0 Å². The molecule has 1 fully saturated rings. The molecule has 0 unspecified atom stereocenters. The van der Waals surface area contributed by atoms with Crippen molar-refractivity contribution in [1.82, 2.24) is 9.21 Å². The molecule has 0 radical (unpaired) electrons. The number of sulfonamides is 1. The molecular weight excluding hydrogens is 366 g/mol. The van der Waals surface area contributed by atoms with Crippen molar-refractivity contribution in [2.75, 3.05) is 20.1 Å². The topological polar surface area (TPSA) is 90.7 Å². The Hall–Kier alpha value is -2.11. The van der Waals surface area contributed by atoms with Gasteiger partial charge in [0.05, 0.1) is 17.4 Å². The third kappa shape index (κ3) is 5.68. The van der Waals surface area contributed by atoms with Gasteiger partial charge in [-0.2, -0.15) is 9.57 Å². The highest BCUT2D eigenvalue weighted by atomic mass is 32.2. The maximum absolute atomic E-state index is 12.9. The van der Waals surface area contributed by atoms with E-state index in [4.69, 9.17) is 4.74 Å². The summed E-state index contributed by atoms with van der Waals surface area (Å²) in [6, 6.07) is 8.40. The number of ether oxygens (including phenoxy) is 1. The summed E-state index contributed by atoms with van der Waals surface area (Å²) in [5.74, 6) is -0.240. The highest BCUT2D eigenvalue weighted by Gasteiger charge is 2.33. The summed E-state index contributed by atoms with van der Waals surface area (Å²) < 4.78 is 32.4. The first-order chi connectivity index (χ1) is 12.5. The summed E-state index contributed by atoms with van der Waals surface area (Å²) in [5, 5.41) is 9.17. The molecule has 1 aliphatic rings. The summed E-state index contributed by atoms with van der Waals surface area (Å²) in [7, 11) is -2.09. The Labute approximate surface area is 161 Å². The number of benzene rings is 1. The highest BCUT2D eigenvalue weighted by Crippen LogP contribution is 2.22. The molecule has 0 bridgehead atoms. The summed E-state index contributed by atoms with van der Waals surface area (Å²) in [6.07, 6.45) is 0.959. The zero-order valence-electron chi connectivity index (χ0n) is 16.3. The van der Waals surface area contributed by atoms with E-state index in [1.807, 2.05) is 6.07 Å². The Morgan fingerprint density at radius 1 is 1.37 bits per heavy atom. The molecule has 0 saturated carbocycles. The Morgan fingerprint density at radius 3 is 2.67 bits per heavy atom. The molecule has 27 heavy (non-hydrogen) atoms. The smallest absolute Gasteiger partial charge is 0.410 e. The standard InChI is InChI=1S/C19H27N3O4S/c1-19(2,3)26-18(23)22-11-7-10-17(13-22)21(4)27(24,25)14-16-9-6-5-8-15(16)12-20/h5-6,8-9,17H,7,10-11,13-14H2,1-4H3/t17-/m1/s1. The van der Waals surface area contributed by atoms with Crippen molar-refractivity contribution in [3.8, 4) is 6.07 Å². The second-order valence-corrected chi connectivity index (χ2v) is 9.79. The second kappa shape index (κ2) is 8.28. The van der Waals surface area contributed by atoms with Crippen molar-refractivity contribution in [2.24, 2.45) is 0 Å². The maximum atomic E-state index is 12.9. The number of nitrogens with zero attached hydrogens (tertiary/aromatic N) is 3. The molecule has 2 rings (SSSR count). The van der Waals surface area contributed by atoms with Gasteiger partial charge in [0.15, 0.2) is 0 Å². The Morgan fingerprint density at radius 2 is 2.04 bits per heavy atom. The molecule has 0 spiro atoms. The predicted octanol–water partition coefficient (Wildman–Crippen LogP) is 2.72. The molecule has 148 valence electrons. The van der Waals surface area contributed by atoms with E-state index >= 15 is 0 Å². The highest BCUT2D eigenvalue weighted by molar-refractivity contribution is 7.88. The third-order valence-electron chi connectivity index (χ3n) is 4.48. The van der Waals surface area contributed by atoms with Crippen LogP contribution in [-0.2, 0) is 20.5 Å². The number of amides is 1. The number of rotatable bonds is 4. The second-order valence-electron chi connectivity index (χ2n) is 7.76. The number of nitriles is 1. The van der Waals surface area contributed by atoms with E-state index in [-0.39, 0.29) is 11.8 Å². The van der Waals surface area contributed by atoms with Crippen LogP contribution in [0.4, 0.5) is 4.79 Å². The molecule has 1 aromatic rings. The van der Waals surface area contributed by atoms with Gasteiger partial charge in [0.2, 0.25) is 10.0 Å². The number of likely N-dealkylation sites (N-methyl/N-ethyl adjacent to an activating group) is 1. The van der Waals surface area contributed by atoms with E-state index in [1.54, 1.807) is 49.9 Å². The summed E-state index contributed by atoms with van der Waals surface area (Å²) in [6.45, 7) is 6.25. The van der Waals surface area contributed by atoms with Crippen molar-refractivity contribution in [1.29, 1.82) is 5.26 Å². The molecule has 1 saturated heterocycles. The van der Waals surface area contributed by atoms with Crippen LogP contribution in [0.25, 0.3) is 0 Å². The first-order valence-corrected chi connectivity index (χ1v) is 10.6. The zero-order chi connectivity index (χ0) is 20.2. The monoisotopic (exact) mass is 393 g/mol. The minimum absolute atomic E-state index is 0.240. The van der Waals surface area contributed by atoms with Gasteiger partial charge in [-0.3, -0.25) is 0 Å². The molecule has 0 N–H and O–H groups in total. The predicted molar refractivity (Wildman–Crippen MR) is 102 cm³/mol. The van der Waals surface area contributed by atoms with Crippen molar-refractivity contribution < 1.29 is 17.9 Å². The van der Waals surface area contributed by atoms with Crippen LogP contribution < -0.4 is 0 Å². The molecule has 8 heteroatoms. The number of carbonyl (C=O) groups is 1. The van der Waals surface area contributed by atoms with Crippen LogP contribution in [-0.4, -0.2) is 55.5 Å². The zero-order valence-corrected chi connectivity index (χ0v) is 17.1. The lowest BCUT2D eigenvalue weighted by atomic mass is 10.1. The quantitative estimate of drug-likeness (QED) is 0.784. The number of likely N-dealkylation sites (tertiary alicyclic amines) is 1. The van der Waals surface area contributed by atoms with Crippen LogP contribution in [0.1, 0.15) is 44.7 Å². The van der Waals surface area contributed by atoms with Gasteiger partial charge >= 0.3 is 6.09 Å².